The average molecular weight is 359 g/mol. The Morgan fingerprint density at radius 2 is 1.72 bits per heavy atom. The van der Waals surface area contributed by atoms with Crippen molar-refractivity contribution in [1.82, 2.24) is 19.9 Å². The third-order valence-electron chi connectivity index (χ3n) is 4.37. The molecule has 0 bridgehead atoms. The van der Waals surface area contributed by atoms with Crippen LogP contribution in [-0.2, 0) is 13.1 Å². The molecular weight excluding hydrogens is 340 g/mol. The van der Waals surface area contributed by atoms with Gasteiger partial charge in [0.2, 0.25) is 11.7 Å². The van der Waals surface area contributed by atoms with E-state index in [-0.39, 0.29) is 0 Å². The first-order valence-corrected chi connectivity index (χ1v) is 8.70. The van der Waals surface area contributed by atoms with Crippen molar-refractivity contribution in [3.63, 3.8) is 0 Å². The first-order chi connectivity index (χ1) is 12.3. The standard InChI is InChI=1S/C18H19ClN4O2/c19-16-6-2-1-5-15(16)18-20-17(25-21-18)13-23-9-7-22(8-10-23)12-14-4-3-11-24-14/h1-6,11H,7-10,12-13H2. The lowest BCUT2D eigenvalue weighted by molar-refractivity contribution is 0.107. The maximum Gasteiger partial charge on any atom is 0.241 e. The second-order valence-corrected chi connectivity index (χ2v) is 6.53. The van der Waals surface area contributed by atoms with Crippen molar-refractivity contribution < 1.29 is 8.94 Å². The van der Waals surface area contributed by atoms with Crippen molar-refractivity contribution >= 4 is 11.6 Å². The van der Waals surface area contributed by atoms with Crippen molar-refractivity contribution in [2.45, 2.75) is 13.1 Å². The van der Waals surface area contributed by atoms with Crippen LogP contribution in [-0.4, -0.2) is 46.1 Å². The zero-order valence-electron chi connectivity index (χ0n) is 13.8. The van der Waals surface area contributed by atoms with E-state index in [4.69, 9.17) is 20.5 Å². The van der Waals surface area contributed by atoms with E-state index in [9.17, 15) is 0 Å². The molecule has 0 amide bonds. The minimum absolute atomic E-state index is 0.539. The van der Waals surface area contributed by atoms with Crippen LogP contribution >= 0.6 is 11.6 Å². The Balaban J connectivity index is 1.32. The number of aromatic nitrogens is 2. The average Bonchev–Trinajstić information content (AvgIpc) is 3.29. The number of furan rings is 1. The van der Waals surface area contributed by atoms with Crippen LogP contribution in [0.3, 0.4) is 0 Å². The summed E-state index contributed by atoms with van der Waals surface area (Å²) in [5.74, 6) is 2.17. The van der Waals surface area contributed by atoms with Gasteiger partial charge in [-0.05, 0) is 24.3 Å². The molecule has 0 atom stereocenters. The number of rotatable bonds is 5. The number of piperazine rings is 1. The van der Waals surface area contributed by atoms with E-state index < -0.39 is 0 Å². The lowest BCUT2D eigenvalue weighted by Crippen LogP contribution is -2.45. The first kappa shape index (κ1) is 16.3. The quantitative estimate of drug-likeness (QED) is 0.697. The number of nitrogens with zero attached hydrogens (tertiary/aromatic N) is 4. The van der Waals surface area contributed by atoms with E-state index in [0.29, 0.717) is 23.3 Å². The molecule has 1 fully saturated rings. The van der Waals surface area contributed by atoms with Crippen LogP contribution in [0, 0.1) is 0 Å². The summed E-state index contributed by atoms with van der Waals surface area (Å²) >= 11 is 6.19. The van der Waals surface area contributed by atoms with Gasteiger partial charge in [-0.1, -0.05) is 28.9 Å². The van der Waals surface area contributed by atoms with Gasteiger partial charge in [-0.2, -0.15) is 4.98 Å². The van der Waals surface area contributed by atoms with Crippen LogP contribution < -0.4 is 0 Å². The highest BCUT2D eigenvalue weighted by atomic mass is 35.5. The van der Waals surface area contributed by atoms with Gasteiger partial charge in [0, 0.05) is 31.7 Å². The number of hydrogen-bond donors (Lipinski definition) is 0. The predicted molar refractivity (Wildman–Crippen MR) is 94.0 cm³/mol. The maximum absolute atomic E-state index is 6.19. The third-order valence-corrected chi connectivity index (χ3v) is 4.70. The fourth-order valence-electron chi connectivity index (χ4n) is 2.99. The Kier molecular flexibility index (Phi) is 4.83. The molecule has 6 nitrogen and oxygen atoms in total. The van der Waals surface area contributed by atoms with Gasteiger partial charge in [0.1, 0.15) is 5.76 Å². The molecule has 2 aromatic heterocycles. The summed E-state index contributed by atoms with van der Waals surface area (Å²) < 4.78 is 10.8. The molecule has 130 valence electrons. The molecule has 3 aromatic rings. The highest BCUT2D eigenvalue weighted by Gasteiger charge is 2.20. The molecule has 0 N–H and O–H groups in total. The normalized spacial score (nSPS) is 16.4. The molecule has 1 aliphatic rings. The molecule has 1 saturated heterocycles. The topological polar surface area (TPSA) is 58.5 Å². The summed E-state index contributed by atoms with van der Waals surface area (Å²) in [4.78, 5) is 9.19. The number of benzene rings is 1. The molecule has 0 unspecified atom stereocenters. The summed E-state index contributed by atoms with van der Waals surface area (Å²) in [7, 11) is 0. The van der Waals surface area contributed by atoms with Gasteiger partial charge in [-0.3, -0.25) is 9.80 Å². The minimum Gasteiger partial charge on any atom is -0.468 e. The lowest BCUT2D eigenvalue weighted by atomic mass is 10.2. The van der Waals surface area contributed by atoms with Gasteiger partial charge < -0.3 is 8.94 Å². The highest BCUT2D eigenvalue weighted by Crippen LogP contribution is 2.25. The lowest BCUT2D eigenvalue weighted by Gasteiger charge is -2.33. The Bertz CT molecular complexity index is 810. The second-order valence-electron chi connectivity index (χ2n) is 6.12. The summed E-state index contributed by atoms with van der Waals surface area (Å²) in [5, 5.41) is 4.68. The van der Waals surface area contributed by atoms with Crippen molar-refractivity contribution in [3.8, 4) is 11.4 Å². The maximum atomic E-state index is 6.19. The highest BCUT2D eigenvalue weighted by molar-refractivity contribution is 6.33. The summed E-state index contributed by atoms with van der Waals surface area (Å²) in [6.45, 7) is 5.43. The SMILES string of the molecule is Clc1ccccc1-c1noc(CN2CCN(Cc3ccco3)CC2)n1. The molecule has 25 heavy (non-hydrogen) atoms. The van der Waals surface area contributed by atoms with E-state index in [2.05, 4.69) is 19.9 Å². The Labute approximate surface area is 151 Å². The van der Waals surface area contributed by atoms with Crippen LogP contribution in [0.4, 0.5) is 0 Å². The van der Waals surface area contributed by atoms with Crippen LogP contribution in [0.5, 0.6) is 0 Å². The fraction of sp³-hybridized carbons (Fsp3) is 0.333. The van der Waals surface area contributed by atoms with Crippen molar-refractivity contribution in [2.75, 3.05) is 26.2 Å². The van der Waals surface area contributed by atoms with Gasteiger partial charge in [0.15, 0.2) is 0 Å². The van der Waals surface area contributed by atoms with E-state index in [1.807, 2.05) is 36.4 Å². The third kappa shape index (κ3) is 3.92. The molecular formula is C18H19ClN4O2. The van der Waals surface area contributed by atoms with E-state index in [0.717, 1.165) is 44.0 Å². The van der Waals surface area contributed by atoms with Crippen LogP contribution in [0.15, 0.2) is 51.6 Å². The Hall–Kier alpha value is -2.15. The van der Waals surface area contributed by atoms with Gasteiger partial charge >= 0.3 is 0 Å². The van der Waals surface area contributed by atoms with Crippen molar-refractivity contribution in [3.05, 3.63) is 59.3 Å². The van der Waals surface area contributed by atoms with Crippen LogP contribution in [0.2, 0.25) is 5.02 Å². The smallest absolute Gasteiger partial charge is 0.241 e. The molecule has 1 aliphatic heterocycles. The molecule has 0 spiro atoms. The largest absolute Gasteiger partial charge is 0.468 e. The minimum atomic E-state index is 0.539. The van der Waals surface area contributed by atoms with Crippen LogP contribution in [0.25, 0.3) is 11.4 Å². The van der Waals surface area contributed by atoms with Gasteiger partial charge in [0.05, 0.1) is 24.4 Å². The van der Waals surface area contributed by atoms with Crippen molar-refractivity contribution in [1.29, 1.82) is 0 Å². The summed E-state index contributed by atoms with van der Waals surface area (Å²) in [6.07, 6.45) is 1.72. The van der Waals surface area contributed by atoms with E-state index >= 15 is 0 Å². The van der Waals surface area contributed by atoms with Gasteiger partial charge in [-0.15, -0.1) is 0 Å². The zero-order chi connectivity index (χ0) is 17.1. The fourth-order valence-corrected chi connectivity index (χ4v) is 3.21. The van der Waals surface area contributed by atoms with E-state index in [1.165, 1.54) is 0 Å². The molecule has 0 radical (unpaired) electrons. The van der Waals surface area contributed by atoms with Gasteiger partial charge in [-0.25, -0.2) is 0 Å². The first-order valence-electron chi connectivity index (χ1n) is 8.32. The number of halogens is 1. The Morgan fingerprint density at radius 3 is 2.44 bits per heavy atom. The Morgan fingerprint density at radius 1 is 0.960 bits per heavy atom. The molecule has 3 heterocycles. The van der Waals surface area contributed by atoms with Gasteiger partial charge in [0.25, 0.3) is 0 Å². The second kappa shape index (κ2) is 7.39. The summed E-state index contributed by atoms with van der Waals surface area (Å²) in [6, 6.07) is 11.5. The molecule has 7 heteroatoms. The molecule has 1 aromatic carbocycles. The predicted octanol–water partition coefficient (Wildman–Crippen LogP) is 3.30. The van der Waals surface area contributed by atoms with Crippen molar-refractivity contribution in [2.24, 2.45) is 0 Å². The monoisotopic (exact) mass is 358 g/mol. The molecule has 0 saturated carbocycles. The van der Waals surface area contributed by atoms with E-state index in [1.54, 1.807) is 6.26 Å². The molecule has 4 rings (SSSR count). The zero-order valence-corrected chi connectivity index (χ0v) is 14.5. The number of hydrogen-bond acceptors (Lipinski definition) is 6. The molecule has 0 aliphatic carbocycles. The summed E-state index contributed by atoms with van der Waals surface area (Å²) in [5.41, 5.74) is 0.794. The van der Waals surface area contributed by atoms with Crippen LogP contribution in [0.1, 0.15) is 11.7 Å².